The molecule has 134 valence electrons. The van der Waals surface area contributed by atoms with Crippen LogP contribution in [0.2, 0.25) is 0 Å². The van der Waals surface area contributed by atoms with Crippen LogP contribution < -0.4 is 5.32 Å². The van der Waals surface area contributed by atoms with E-state index in [-0.39, 0.29) is 18.0 Å². The second kappa shape index (κ2) is 8.06. The number of thiophene rings is 1. The molecule has 0 aliphatic heterocycles. The van der Waals surface area contributed by atoms with Gasteiger partial charge in [-0.05, 0) is 43.4 Å². The number of carbonyl (C=O) groups excluding carboxylic acids is 1. The van der Waals surface area contributed by atoms with Crippen molar-refractivity contribution in [1.82, 2.24) is 5.32 Å². The molecule has 1 amide bonds. The maximum Gasteiger partial charge on any atom is 0.261 e. The Bertz CT molecular complexity index is 734. The summed E-state index contributed by atoms with van der Waals surface area (Å²) < 4.78 is 26.6. The summed E-state index contributed by atoms with van der Waals surface area (Å²) in [5.74, 6) is -1.78. The van der Waals surface area contributed by atoms with Gasteiger partial charge in [-0.3, -0.25) is 4.79 Å². The lowest BCUT2D eigenvalue weighted by Gasteiger charge is -2.12. The molecular formula is C19H21F2NO2S. The Hall–Kier alpha value is -1.79. The number of hydrogen-bond acceptors (Lipinski definition) is 3. The highest BCUT2D eigenvalue weighted by Gasteiger charge is 2.18. The van der Waals surface area contributed by atoms with Crippen LogP contribution in [0.25, 0.3) is 0 Å². The molecule has 0 bridgehead atoms. The molecule has 1 heterocycles. The van der Waals surface area contributed by atoms with E-state index in [1.54, 1.807) is 0 Å². The van der Waals surface area contributed by atoms with E-state index < -0.39 is 17.7 Å². The first-order valence-corrected chi connectivity index (χ1v) is 9.39. The molecule has 0 unspecified atom stereocenters. The molecule has 0 radical (unpaired) electrons. The average molecular weight is 365 g/mol. The van der Waals surface area contributed by atoms with Gasteiger partial charge in [0.05, 0.1) is 11.0 Å². The Morgan fingerprint density at radius 2 is 1.92 bits per heavy atom. The van der Waals surface area contributed by atoms with E-state index in [2.05, 4.69) is 5.32 Å². The number of hydrogen-bond donors (Lipinski definition) is 2. The largest absolute Gasteiger partial charge is 0.386 e. The summed E-state index contributed by atoms with van der Waals surface area (Å²) in [6, 6.07) is 4.94. The second-order valence-corrected chi connectivity index (χ2v) is 7.50. The molecule has 3 rings (SSSR count). The van der Waals surface area contributed by atoms with Gasteiger partial charge >= 0.3 is 0 Å². The van der Waals surface area contributed by atoms with E-state index >= 15 is 0 Å². The highest BCUT2D eigenvalue weighted by atomic mass is 32.1. The average Bonchev–Trinajstić information content (AvgIpc) is 2.94. The topological polar surface area (TPSA) is 49.3 Å². The quantitative estimate of drug-likeness (QED) is 0.855. The Morgan fingerprint density at radius 1 is 1.16 bits per heavy atom. The fourth-order valence-electron chi connectivity index (χ4n) is 3.11. The van der Waals surface area contributed by atoms with Gasteiger partial charge in [-0.25, -0.2) is 8.78 Å². The standard InChI is InChI=1S/C19H21F2NO2S/c20-13-7-8-14(15(21)10-13)16(23)11-22-19(24)18-9-12-5-3-1-2-4-6-17(12)25-18/h7-10,16,23H,1-6,11H2,(H,22,24)/t16-/m1/s1. The smallest absolute Gasteiger partial charge is 0.261 e. The van der Waals surface area contributed by atoms with Gasteiger partial charge < -0.3 is 10.4 Å². The second-order valence-electron chi connectivity index (χ2n) is 6.36. The Balaban J connectivity index is 1.63. The third-order valence-electron chi connectivity index (χ3n) is 4.50. The molecule has 1 aliphatic rings. The van der Waals surface area contributed by atoms with Crippen molar-refractivity contribution in [3.63, 3.8) is 0 Å². The van der Waals surface area contributed by atoms with Gasteiger partial charge in [0.25, 0.3) is 5.91 Å². The summed E-state index contributed by atoms with van der Waals surface area (Å²) in [5.41, 5.74) is 1.22. The van der Waals surface area contributed by atoms with Crippen LogP contribution >= 0.6 is 11.3 Å². The Labute approximate surface area is 149 Å². The molecule has 25 heavy (non-hydrogen) atoms. The number of aliphatic hydroxyl groups is 1. The van der Waals surface area contributed by atoms with Crippen LogP contribution in [0, 0.1) is 11.6 Å². The molecule has 0 saturated heterocycles. The minimum atomic E-state index is -1.22. The number of carbonyl (C=O) groups is 1. The highest BCUT2D eigenvalue weighted by molar-refractivity contribution is 7.14. The zero-order valence-electron chi connectivity index (χ0n) is 13.9. The Morgan fingerprint density at radius 3 is 2.68 bits per heavy atom. The monoisotopic (exact) mass is 365 g/mol. The van der Waals surface area contributed by atoms with E-state index in [1.165, 1.54) is 40.7 Å². The SMILES string of the molecule is O=C(NC[C@@H](O)c1ccc(F)cc1F)c1cc2c(s1)CCCCCC2. The van der Waals surface area contributed by atoms with Crippen molar-refractivity contribution in [2.45, 2.75) is 44.6 Å². The number of amides is 1. The number of halogens is 2. The van der Waals surface area contributed by atoms with Crippen LogP contribution in [0.1, 0.15) is 57.5 Å². The van der Waals surface area contributed by atoms with Crippen LogP contribution in [-0.4, -0.2) is 17.6 Å². The van der Waals surface area contributed by atoms with Gasteiger partial charge in [-0.15, -0.1) is 11.3 Å². The molecule has 1 aromatic carbocycles. The van der Waals surface area contributed by atoms with Crippen LogP contribution in [-0.2, 0) is 12.8 Å². The normalized spacial score (nSPS) is 15.8. The summed E-state index contributed by atoms with van der Waals surface area (Å²) in [5, 5.41) is 12.7. The summed E-state index contributed by atoms with van der Waals surface area (Å²) in [4.78, 5) is 14.2. The van der Waals surface area contributed by atoms with Crippen molar-refractivity contribution < 1.29 is 18.7 Å². The maximum atomic E-state index is 13.7. The number of aryl methyl sites for hydroxylation is 2. The van der Waals surface area contributed by atoms with Gasteiger partial charge in [0.2, 0.25) is 0 Å². The van der Waals surface area contributed by atoms with Crippen molar-refractivity contribution in [1.29, 1.82) is 0 Å². The fourth-order valence-corrected chi connectivity index (χ4v) is 4.28. The summed E-state index contributed by atoms with van der Waals surface area (Å²) >= 11 is 1.50. The molecule has 1 atom stereocenters. The first kappa shape index (κ1) is 18.0. The molecule has 6 heteroatoms. The first-order chi connectivity index (χ1) is 12.0. The third-order valence-corrected chi connectivity index (χ3v) is 5.73. The zero-order valence-corrected chi connectivity index (χ0v) is 14.7. The fraction of sp³-hybridized carbons (Fsp3) is 0.421. The van der Waals surface area contributed by atoms with E-state index in [4.69, 9.17) is 0 Å². The first-order valence-electron chi connectivity index (χ1n) is 8.57. The number of benzene rings is 1. The third kappa shape index (κ3) is 4.44. The number of nitrogens with one attached hydrogen (secondary N) is 1. The van der Waals surface area contributed by atoms with Crippen LogP contribution in [0.3, 0.4) is 0 Å². The van der Waals surface area contributed by atoms with E-state index in [0.29, 0.717) is 4.88 Å². The predicted octanol–water partition coefficient (Wildman–Crippen LogP) is 4.15. The molecule has 0 spiro atoms. The molecule has 3 nitrogen and oxygen atoms in total. The molecule has 2 aromatic rings. The van der Waals surface area contributed by atoms with E-state index in [1.807, 2.05) is 6.07 Å². The van der Waals surface area contributed by atoms with Gasteiger partial charge in [0.1, 0.15) is 11.6 Å². The predicted molar refractivity (Wildman–Crippen MR) is 93.8 cm³/mol. The molecule has 1 aromatic heterocycles. The van der Waals surface area contributed by atoms with Crippen LogP contribution in [0.4, 0.5) is 8.78 Å². The van der Waals surface area contributed by atoms with Crippen molar-refractivity contribution in [2.24, 2.45) is 0 Å². The van der Waals surface area contributed by atoms with Gasteiger partial charge in [0.15, 0.2) is 0 Å². The summed E-state index contributed by atoms with van der Waals surface area (Å²) in [7, 11) is 0. The summed E-state index contributed by atoms with van der Waals surface area (Å²) in [6.45, 7) is -0.121. The molecule has 0 saturated carbocycles. The van der Waals surface area contributed by atoms with E-state index in [0.717, 1.165) is 37.8 Å². The minimum Gasteiger partial charge on any atom is -0.386 e. The number of fused-ring (bicyclic) bond motifs is 1. The molecule has 0 fully saturated rings. The maximum absolute atomic E-state index is 13.7. The van der Waals surface area contributed by atoms with Crippen molar-refractivity contribution in [3.8, 4) is 0 Å². The highest BCUT2D eigenvalue weighted by Crippen LogP contribution is 2.28. The Kier molecular flexibility index (Phi) is 5.81. The summed E-state index contributed by atoms with van der Waals surface area (Å²) in [6.07, 6.45) is 5.55. The van der Waals surface area contributed by atoms with Gasteiger partial charge in [-0.2, -0.15) is 0 Å². The number of aliphatic hydroxyl groups excluding tert-OH is 1. The van der Waals surface area contributed by atoms with Crippen molar-refractivity contribution in [2.75, 3.05) is 6.54 Å². The molecule has 1 aliphatic carbocycles. The zero-order chi connectivity index (χ0) is 17.8. The van der Waals surface area contributed by atoms with Crippen molar-refractivity contribution >= 4 is 17.2 Å². The lowest BCUT2D eigenvalue weighted by atomic mass is 10.00. The minimum absolute atomic E-state index is 0.0276. The van der Waals surface area contributed by atoms with Crippen molar-refractivity contribution in [3.05, 3.63) is 56.8 Å². The number of rotatable bonds is 4. The van der Waals surface area contributed by atoms with E-state index in [9.17, 15) is 18.7 Å². The molecule has 2 N–H and O–H groups in total. The lowest BCUT2D eigenvalue weighted by molar-refractivity contribution is 0.0918. The van der Waals surface area contributed by atoms with Gasteiger partial charge in [0, 0.05) is 23.1 Å². The van der Waals surface area contributed by atoms with Gasteiger partial charge in [-0.1, -0.05) is 18.9 Å². The van der Waals surface area contributed by atoms with Crippen LogP contribution in [0.5, 0.6) is 0 Å². The van der Waals surface area contributed by atoms with Crippen LogP contribution in [0.15, 0.2) is 24.3 Å². The lowest BCUT2D eigenvalue weighted by Crippen LogP contribution is -2.28. The molecular weight excluding hydrogens is 344 g/mol.